The number of hydrogen-bond acceptors (Lipinski definition) is 4. The van der Waals surface area contributed by atoms with Gasteiger partial charge in [0, 0.05) is 36.5 Å². The maximum atomic E-state index is 12.3. The van der Waals surface area contributed by atoms with Crippen molar-refractivity contribution in [2.45, 2.75) is 31.6 Å². The van der Waals surface area contributed by atoms with E-state index < -0.39 is 5.41 Å². The fourth-order valence-corrected chi connectivity index (χ4v) is 4.81. The molecule has 2 aliphatic carbocycles. The van der Waals surface area contributed by atoms with Crippen LogP contribution in [0, 0.1) is 17.2 Å². The molecule has 0 bridgehead atoms. The highest BCUT2D eigenvalue weighted by Gasteiger charge is 2.47. The van der Waals surface area contributed by atoms with Crippen LogP contribution < -0.4 is 0 Å². The van der Waals surface area contributed by atoms with Crippen molar-refractivity contribution in [3.05, 3.63) is 65.8 Å². The number of para-hydroxylation sites is 1. The molecule has 2 aromatic heterocycles. The average Bonchev–Trinajstić information content (AvgIpc) is 3.33. The van der Waals surface area contributed by atoms with E-state index in [1.165, 1.54) is 0 Å². The third-order valence-corrected chi connectivity index (χ3v) is 6.33. The van der Waals surface area contributed by atoms with Gasteiger partial charge in [0.15, 0.2) is 5.78 Å². The summed E-state index contributed by atoms with van der Waals surface area (Å²) in [5, 5.41) is 13.8. The molecule has 6 nitrogen and oxygen atoms in total. The predicted octanol–water partition coefficient (Wildman–Crippen LogP) is 3.52. The molecule has 2 heterocycles. The Morgan fingerprint density at radius 3 is 2.76 bits per heavy atom. The van der Waals surface area contributed by atoms with Gasteiger partial charge in [-0.1, -0.05) is 31.2 Å². The molecule has 0 amide bonds. The second kappa shape index (κ2) is 6.28. The number of aryl methyl sites for hydroxylation is 1. The number of nitrogens with zero attached hydrogens (tertiary/aromatic N) is 5. The number of aromatic nitrogens is 4. The van der Waals surface area contributed by atoms with Gasteiger partial charge >= 0.3 is 0 Å². The molecule has 0 saturated heterocycles. The number of rotatable bonds is 2. The van der Waals surface area contributed by atoms with E-state index in [2.05, 4.69) is 34.8 Å². The van der Waals surface area contributed by atoms with Gasteiger partial charge in [0.25, 0.3) is 0 Å². The van der Waals surface area contributed by atoms with Gasteiger partial charge < -0.3 is 0 Å². The van der Waals surface area contributed by atoms with Gasteiger partial charge in [0.2, 0.25) is 0 Å². The van der Waals surface area contributed by atoms with Crippen molar-refractivity contribution in [3.63, 3.8) is 0 Å². The van der Waals surface area contributed by atoms with Crippen LogP contribution in [0.25, 0.3) is 17.1 Å². The predicted molar refractivity (Wildman–Crippen MR) is 108 cm³/mol. The van der Waals surface area contributed by atoms with Crippen molar-refractivity contribution in [1.29, 1.82) is 5.26 Å². The maximum absolute atomic E-state index is 12.3. The summed E-state index contributed by atoms with van der Waals surface area (Å²) in [7, 11) is 1.89. The minimum absolute atomic E-state index is 0.0478. The molecule has 0 saturated carbocycles. The molecule has 2 atom stereocenters. The highest BCUT2D eigenvalue weighted by Crippen LogP contribution is 2.48. The number of hydrogen-bond donors (Lipinski definition) is 0. The van der Waals surface area contributed by atoms with E-state index in [9.17, 15) is 10.1 Å². The Labute approximate surface area is 169 Å². The van der Waals surface area contributed by atoms with E-state index in [1.807, 2.05) is 43.7 Å². The number of imidazole rings is 1. The van der Waals surface area contributed by atoms with Gasteiger partial charge in [-0.2, -0.15) is 10.4 Å². The third kappa shape index (κ3) is 2.58. The second-order valence-corrected chi connectivity index (χ2v) is 8.12. The Balaban J connectivity index is 1.79. The summed E-state index contributed by atoms with van der Waals surface area (Å²) in [6, 6.07) is 12.3. The first-order valence-corrected chi connectivity index (χ1v) is 9.84. The van der Waals surface area contributed by atoms with Crippen molar-refractivity contribution < 1.29 is 4.79 Å². The van der Waals surface area contributed by atoms with Gasteiger partial charge in [-0.3, -0.25) is 14.0 Å². The van der Waals surface area contributed by atoms with Crippen LogP contribution in [0.1, 0.15) is 31.2 Å². The molecular weight excluding hydrogens is 362 g/mol. The van der Waals surface area contributed by atoms with Gasteiger partial charge in [0.1, 0.15) is 11.9 Å². The number of nitriles is 1. The Hall–Kier alpha value is -3.46. The van der Waals surface area contributed by atoms with Crippen LogP contribution in [-0.4, -0.2) is 25.1 Å². The number of fused-ring (bicyclic) bond motifs is 3. The summed E-state index contributed by atoms with van der Waals surface area (Å²) >= 11 is 0. The zero-order valence-electron chi connectivity index (χ0n) is 16.5. The highest BCUT2D eigenvalue weighted by molar-refractivity contribution is 6.00. The number of allylic oxidation sites excluding steroid dienone is 2. The molecule has 0 aliphatic heterocycles. The van der Waals surface area contributed by atoms with E-state index in [0.29, 0.717) is 6.42 Å². The van der Waals surface area contributed by atoms with Crippen LogP contribution >= 0.6 is 0 Å². The molecule has 0 radical (unpaired) electrons. The van der Waals surface area contributed by atoms with Crippen LogP contribution in [0.2, 0.25) is 0 Å². The summed E-state index contributed by atoms with van der Waals surface area (Å²) in [6.07, 6.45) is 7.81. The largest absolute Gasteiger partial charge is 0.296 e. The number of carbonyl (C=O) groups excluding carboxylic acids is 1. The van der Waals surface area contributed by atoms with Gasteiger partial charge in [0.05, 0.1) is 23.0 Å². The van der Waals surface area contributed by atoms with Crippen LogP contribution in [0.15, 0.2) is 54.4 Å². The van der Waals surface area contributed by atoms with Crippen molar-refractivity contribution in [2.24, 2.45) is 13.0 Å². The Morgan fingerprint density at radius 1 is 1.28 bits per heavy atom. The summed E-state index contributed by atoms with van der Waals surface area (Å²) in [5.41, 5.74) is 3.95. The molecule has 3 aromatic rings. The number of ketones is 1. The van der Waals surface area contributed by atoms with E-state index in [4.69, 9.17) is 4.98 Å². The second-order valence-electron chi connectivity index (χ2n) is 8.12. The molecule has 1 aromatic carbocycles. The Kier molecular flexibility index (Phi) is 3.82. The topological polar surface area (TPSA) is 76.5 Å². The first-order valence-electron chi connectivity index (χ1n) is 9.84. The fraction of sp³-hybridized carbons (Fsp3) is 0.304. The Morgan fingerprint density at radius 2 is 2.07 bits per heavy atom. The van der Waals surface area contributed by atoms with E-state index in [1.54, 1.807) is 4.68 Å². The third-order valence-electron chi connectivity index (χ3n) is 6.33. The number of Topliss-reactive ketones (excluding diaryl/α,β-unsaturated/α-hetero) is 1. The first kappa shape index (κ1) is 17.6. The van der Waals surface area contributed by atoms with Crippen LogP contribution in [0.5, 0.6) is 0 Å². The number of benzene rings is 1. The van der Waals surface area contributed by atoms with Crippen LogP contribution in [0.4, 0.5) is 0 Å². The van der Waals surface area contributed by atoms with Crippen LogP contribution in [0.3, 0.4) is 0 Å². The lowest BCUT2D eigenvalue weighted by Gasteiger charge is -2.41. The lowest BCUT2D eigenvalue weighted by atomic mass is 9.62. The fourth-order valence-electron chi connectivity index (χ4n) is 4.81. The summed E-state index contributed by atoms with van der Waals surface area (Å²) in [5.74, 6) is 0.967. The monoisotopic (exact) mass is 383 g/mol. The zero-order chi connectivity index (χ0) is 20.2. The van der Waals surface area contributed by atoms with E-state index in [-0.39, 0.29) is 17.3 Å². The molecule has 2 aliphatic rings. The smallest absolute Gasteiger partial charge is 0.173 e. The lowest BCUT2D eigenvalue weighted by molar-refractivity contribution is -0.117. The summed E-state index contributed by atoms with van der Waals surface area (Å²) in [6.45, 7) is 2.12. The first-order chi connectivity index (χ1) is 14.0. The SMILES string of the molecule is Cn1cc(-c2nc3c(n2-c2ccccc2)CCC2CC(=O)C(C#N)=CC32C)cn1. The van der Waals surface area contributed by atoms with Crippen LogP contribution in [-0.2, 0) is 23.7 Å². The summed E-state index contributed by atoms with van der Waals surface area (Å²) in [4.78, 5) is 17.4. The van der Waals surface area contributed by atoms with Crippen molar-refractivity contribution in [1.82, 2.24) is 19.3 Å². The minimum Gasteiger partial charge on any atom is -0.296 e. The molecule has 0 spiro atoms. The molecule has 144 valence electrons. The molecule has 6 heteroatoms. The molecule has 0 fully saturated rings. The lowest BCUT2D eigenvalue weighted by Crippen LogP contribution is -2.40. The minimum atomic E-state index is -0.427. The van der Waals surface area contributed by atoms with Crippen molar-refractivity contribution >= 4 is 5.78 Å². The van der Waals surface area contributed by atoms with Gasteiger partial charge in [-0.05, 0) is 30.9 Å². The molecule has 0 N–H and O–H groups in total. The zero-order valence-corrected chi connectivity index (χ0v) is 16.5. The van der Waals surface area contributed by atoms with E-state index >= 15 is 0 Å². The number of carbonyl (C=O) groups is 1. The quantitative estimate of drug-likeness (QED) is 0.678. The van der Waals surface area contributed by atoms with Crippen molar-refractivity contribution in [2.75, 3.05) is 0 Å². The standard InChI is InChI=1S/C23H21N5O/c1-23-11-15(12-24)20(29)10-17(23)8-9-19-21(23)26-22(16-13-25-27(2)14-16)28(19)18-6-4-3-5-7-18/h3-7,11,13-14,17H,8-10H2,1-2H3. The average molecular weight is 383 g/mol. The van der Waals surface area contributed by atoms with E-state index in [0.717, 1.165) is 41.3 Å². The summed E-state index contributed by atoms with van der Waals surface area (Å²) < 4.78 is 3.99. The molecule has 5 rings (SSSR count). The van der Waals surface area contributed by atoms with Crippen molar-refractivity contribution in [3.8, 4) is 23.1 Å². The normalized spacial score (nSPS) is 23.1. The van der Waals surface area contributed by atoms with Gasteiger partial charge in [-0.15, -0.1) is 0 Å². The molecular formula is C23H21N5O. The Bertz CT molecular complexity index is 1190. The maximum Gasteiger partial charge on any atom is 0.173 e. The molecule has 29 heavy (non-hydrogen) atoms. The highest BCUT2D eigenvalue weighted by atomic mass is 16.1. The molecule has 2 unspecified atom stereocenters. The van der Waals surface area contributed by atoms with Gasteiger partial charge in [-0.25, -0.2) is 4.98 Å².